The molecule has 26 heavy (non-hydrogen) atoms. The second-order valence-electron chi connectivity index (χ2n) is 7.61. The van der Waals surface area contributed by atoms with Crippen molar-refractivity contribution >= 4 is 16.6 Å². The van der Waals surface area contributed by atoms with E-state index in [0.717, 1.165) is 29.1 Å². The van der Waals surface area contributed by atoms with Crippen molar-refractivity contribution in [2.75, 3.05) is 19.0 Å². The lowest BCUT2D eigenvalue weighted by molar-refractivity contribution is 0.192. The number of nitrogens with one attached hydrogen (secondary N) is 2. The number of fused-ring (bicyclic) bond motifs is 3. The minimum absolute atomic E-state index is 0.517. The van der Waals surface area contributed by atoms with Crippen LogP contribution in [0.3, 0.4) is 0 Å². The molecular formula is C21H24N4O. The summed E-state index contributed by atoms with van der Waals surface area (Å²) >= 11 is 0. The van der Waals surface area contributed by atoms with Gasteiger partial charge in [0.25, 0.3) is 0 Å². The van der Waals surface area contributed by atoms with Crippen LogP contribution in [0.4, 0.5) is 5.69 Å². The molecule has 1 saturated heterocycles. The molecular weight excluding hydrogens is 324 g/mol. The second-order valence-corrected chi connectivity index (χ2v) is 7.61. The molecule has 2 aliphatic rings. The minimum Gasteiger partial charge on any atom is -0.497 e. The molecule has 2 bridgehead atoms. The Hall–Kier alpha value is -2.53. The summed E-state index contributed by atoms with van der Waals surface area (Å²) in [5.41, 5.74) is 3.61. The Kier molecular flexibility index (Phi) is 3.82. The van der Waals surface area contributed by atoms with Gasteiger partial charge < -0.3 is 10.1 Å². The lowest BCUT2D eigenvalue weighted by Crippen LogP contribution is -2.44. The highest BCUT2D eigenvalue weighted by Gasteiger charge is 2.44. The van der Waals surface area contributed by atoms with Crippen molar-refractivity contribution in [3.8, 4) is 5.75 Å². The van der Waals surface area contributed by atoms with Crippen molar-refractivity contribution in [3.05, 3.63) is 54.2 Å². The number of nitrogens with zero attached hydrogens (tertiary/aromatic N) is 2. The molecule has 3 atom stereocenters. The smallest absolute Gasteiger partial charge is 0.119 e. The first-order valence-electron chi connectivity index (χ1n) is 9.35. The van der Waals surface area contributed by atoms with E-state index in [1.807, 2.05) is 12.3 Å². The molecule has 1 aliphatic carbocycles. The lowest BCUT2D eigenvalue weighted by atomic mass is 10.0. The summed E-state index contributed by atoms with van der Waals surface area (Å²) in [5.74, 6) is 1.75. The zero-order valence-electron chi connectivity index (χ0n) is 15.0. The molecule has 0 radical (unpaired) electrons. The molecule has 5 nitrogen and oxygen atoms in total. The van der Waals surface area contributed by atoms with Crippen LogP contribution in [0.1, 0.15) is 18.4 Å². The summed E-state index contributed by atoms with van der Waals surface area (Å²) in [5, 5.41) is 12.1. The Morgan fingerprint density at radius 1 is 1.23 bits per heavy atom. The maximum absolute atomic E-state index is 5.37. The van der Waals surface area contributed by atoms with Gasteiger partial charge in [0.05, 0.1) is 18.8 Å². The van der Waals surface area contributed by atoms with E-state index < -0.39 is 0 Å². The van der Waals surface area contributed by atoms with Gasteiger partial charge in [-0.2, -0.15) is 5.10 Å². The van der Waals surface area contributed by atoms with E-state index in [-0.39, 0.29) is 0 Å². The summed E-state index contributed by atoms with van der Waals surface area (Å²) in [6.45, 7) is 2.21. The van der Waals surface area contributed by atoms with Gasteiger partial charge in [-0.05, 0) is 54.7 Å². The van der Waals surface area contributed by atoms with Gasteiger partial charge in [0.15, 0.2) is 0 Å². The quantitative estimate of drug-likeness (QED) is 0.739. The average molecular weight is 348 g/mol. The maximum Gasteiger partial charge on any atom is 0.119 e. The van der Waals surface area contributed by atoms with Gasteiger partial charge >= 0.3 is 0 Å². The van der Waals surface area contributed by atoms with Gasteiger partial charge in [-0.15, -0.1) is 0 Å². The molecule has 1 saturated carbocycles. The van der Waals surface area contributed by atoms with Crippen LogP contribution in [-0.2, 0) is 6.54 Å². The molecule has 5 heteroatoms. The van der Waals surface area contributed by atoms with Crippen LogP contribution in [0.15, 0.2) is 48.7 Å². The molecule has 2 fully saturated rings. The van der Waals surface area contributed by atoms with Crippen molar-refractivity contribution in [2.45, 2.75) is 31.5 Å². The normalized spacial score (nSPS) is 25.0. The second kappa shape index (κ2) is 6.32. The van der Waals surface area contributed by atoms with E-state index in [4.69, 9.17) is 4.74 Å². The van der Waals surface area contributed by atoms with Crippen molar-refractivity contribution in [1.29, 1.82) is 0 Å². The number of hydrogen-bond acceptors (Lipinski definition) is 4. The number of piperidine rings is 1. The number of benzene rings is 2. The molecule has 2 aromatic carbocycles. The summed E-state index contributed by atoms with van der Waals surface area (Å²) in [7, 11) is 1.73. The molecule has 0 spiro atoms. The first kappa shape index (κ1) is 15.7. The maximum atomic E-state index is 5.37. The van der Waals surface area contributed by atoms with Crippen LogP contribution in [0.25, 0.3) is 10.9 Å². The number of aromatic nitrogens is 2. The van der Waals surface area contributed by atoms with Crippen LogP contribution in [0.2, 0.25) is 0 Å². The van der Waals surface area contributed by atoms with E-state index in [1.165, 1.54) is 30.6 Å². The summed E-state index contributed by atoms with van der Waals surface area (Å²) in [6.07, 6.45) is 4.45. The van der Waals surface area contributed by atoms with Crippen molar-refractivity contribution in [1.82, 2.24) is 15.1 Å². The number of rotatable bonds is 5. The molecule has 0 amide bonds. The Balaban J connectivity index is 1.30. The van der Waals surface area contributed by atoms with E-state index in [2.05, 4.69) is 56.8 Å². The zero-order valence-corrected chi connectivity index (χ0v) is 15.0. The molecule has 1 aromatic heterocycles. The summed E-state index contributed by atoms with van der Waals surface area (Å²) in [6, 6.07) is 16.0. The van der Waals surface area contributed by atoms with Crippen molar-refractivity contribution in [2.24, 2.45) is 5.92 Å². The fraction of sp³-hybridized carbons (Fsp3) is 0.381. The Labute approximate surface area is 153 Å². The highest BCUT2D eigenvalue weighted by Crippen LogP contribution is 2.40. The van der Waals surface area contributed by atoms with Gasteiger partial charge in [-0.25, -0.2) is 0 Å². The fourth-order valence-electron chi connectivity index (χ4n) is 4.73. The number of anilines is 1. The predicted octanol–water partition coefficient (Wildman–Crippen LogP) is 3.65. The summed E-state index contributed by atoms with van der Waals surface area (Å²) < 4.78 is 5.37. The minimum atomic E-state index is 0.517. The number of likely N-dealkylation sites (tertiary alicyclic amines) is 1. The van der Waals surface area contributed by atoms with Crippen molar-refractivity contribution < 1.29 is 4.74 Å². The topological polar surface area (TPSA) is 53.2 Å². The molecule has 2 heterocycles. The number of aromatic amines is 1. The molecule has 5 rings (SSSR count). The van der Waals surface area contributed by atoms with Crippen molar-refractivity contribution in [3.63, 3.8) is 0 Å². The van der Waals surface area contributed by atoms with Gasteiger partial charge in [0.2, 0.25) is 0 Å². The third-order valence-corrected chi connectivity index (χ3v) is 5.90. The van der Waals surface area contributed by atoms with E-state index >= 15 is 0 Å². The van der Waals surface area contributed by atoms with E-state index in [0.29, 0.717) is 12.1 Å². The van der Waals surface area contributed by atoms with Crippen LogP contribution in [0, 0.1) is 5.92 Å². The Morgan fingerprint density at radius 2 is 2.19 bits per heavy atom. The number of H-pyrrole nitrogens is 1. The summed E-state index contributed by atoms with van der Waals surface area (Å²) in [4.78, 5) is 2.64. The molecule has 3 unspecified atom stereocenters. The van der Waals surface area contributed by atoms with Gasteiger partial charge in [0.1, 0.15) is 5.75 Å². The highest BCUT2D eigenvalue weighted by atomic mass is 16.5. The standard InChI is InChI=1S/C21H24N4O/c1-26-18-4-2-3-14(7-18)12-25-13-15-8-20(21(25)9-15)23-17-5-6-19-16(10-17)11-22-24-19/h2-7,10-11,15,20-21,23H,8-9,12-13H2,1H3,(H,22,24). The van der Waals surface area contributed by atoms with Crippen LogP contribution in [-0.4, -0.2) is 40.8 Å². The Morgan fingerprint density at radius 3 is 3.08 bits per heavy atom. The zero-order chi connectivity index (χ0) is 17.5. The van der Waals surface area contributed by atoms with Gasteiger partial charge in [-0.3, -0.25) is 10.00 Å². The van der Waals surface area contributed by atoms with Crippen LogP contribution in [0.5, 0.6) is 5.75 Å². The lowest BCUT2D eigenvalue weighted by Gasteiger charge is -2.34. The van der Waals surface area contributed by atoms with Crippen LogP contribution < -0.4 is 10.1 Å². The molecule has 3 aromatic rings. The Bertz CT molecular complexity index is 921. The first-order chi connectivity index (χ1) is 12.8. The fourth-order valence-corrected chi connectivity index (χ4v) is 4.73. The van der Waals surface area contributed by atoms with Gasteiger partial charge in [0, 0.05) is 36.2 Å². The first-order valence-corrected chi connectivity index (χ1v) is 9.35. The molecule has 2 N–H and O–H groups in total. The average Bonchev–Trinajstić information content (AvgIpc) is 3.37. The largest absolute Gasteiger partial charge is 0.497 e. The van der Waals surface area contributed by atoms with Gasteiger partial charge in [-0.1, -0.05) is 12.1 Å². The SMILES string of the molecule is COc1cccc(CN2CC3CC(Nc4ccc5[nH]ncc5c4)C2C3)c1. The third-order valence-electron chi connectivity index (χ3n) is 5.90. The monoisotopic (exact) mass is 348 g/mol. The van der Waals surface area contributed by atoms with Crippen LogP contribution >= 0.6 is 0 Å². The number of ether oxygens (including phenoxy) is 1. The van der Waals surface area contributed by atoms with E-state index in [1.54, 1.807) is 7.11 Å². The van der Waals surface area contributed by atoms with E-state index in [9.17, 15) is 0 Å². The number of methoxy groups -OCH3 is 1. The third kappa shape index (κ3) is 2.82. The molecule has 134 valence electrons. The number of hydrogen-bond donors (Lipinski definition) is 2. The molecule has 1 aliphatic heterocycles. The highest BCUT2D eigenvalue weighted by molar-refractivity contribution is 5.81. The predicted molar refractivity (Wildman–Crippen MR) is 103 cm³/mol.